The first-order chi connectivity index (χ1) is 10.0. The average molecular weight is 333 g/mol. The topological polar surface area (TPSA) is 104 Å². The number of benzene rings is 1. The lowest BCUT2D eigenvalue weighted by Crippen LogP contribution is -2.33. The van der Waals surface area contributed by atoms with Gasteiger partial charge in [-0.1, -0.05) is 0 Å². The standard InChI is InChI=1S/C12H10F3N3O3S/c13-12(14,15)9-3-7(5-16)1-2-10(9)18-6-8(4-11(18)19)22(17,20)21/h1-3,8H,4,6H2,(H2,17,20,21). The van der Waals surface area contributed by atoms with Crippen molar-refractivity contribution in [2.75, 3.05) is 11.4 Å². The minimum Gasteiger partial charge on any atom is -0.310 e. The molecule has 0 spiro atoms. The molecule has 1 saturated heterocycles. The van der Waals surface area contributed by atoms with E-state index in [-0.39, 0.29) is 5.56 Å². The summed E-state index contributed by atoms with van der Waals surface area (Å²) in [6, 6.07) is 4.30. The Kier molecular flexibility index (Phi) is 3.88. The van der Waals surface area contributed by atoms with Crippen LogP contribution in [-0.2, 0) is 21.0 Å². The van der Waals surface area contributed by atoms with Crippen LogP contribution in [0.15, 0.2) is 18.2 Å². The molecule has 1 heterocycles. The fraction of sp³-hybridized carbons (Fsp3) is 0.333. The van der Waals surface area contributed by atoms with E-state index in [0.717, 1.165) is 17.0 Å². The number of sulfonamides is 1. The zero-order valence-corrected chi connectivity index (χ0v) is 11.8. The average Bonchev–Trinajstić information content (AvgIpc) is 2.79. The van der Waals surface area contributed by atoms with Gasteiger partial charge in [0.25, 0.3) is 0 Å². The van der Waals surface area contributed by atoms with Gasteiger partial charge < -0.3 is 4.90 Å². The molecule has 0 saturated carbocycles. The minimum atomic E-state index is -4.79. The van der Waals surface area contributed by atoms with E-state index in [4.69, 9.17) is 10.4 Å². The molecule has 0 aliphatic carbocycles. The number of rotatable bonds is 2. The maximum absolute atomic E-state index is 13.1. The Bertz CT molecular complexity index is 768. The minimum absolute atomic E-state index is 0.217. The summed E-state index contributed by atoms with van der Waals surface area (Å²) in [5.41, 5.74) is -1.87. The van der Waals surface area contributed by atoms with Crippen LogP contribution in [0.3, 0.4) is 0 Å². The summed E-state index contributed by atoms with van der Waals surface area (Å²) in [5.74, 6) is -0.769. The lowest BCUT2D eigenvalue weighted by molar-refractivity contribution is -0.137. The van der Waals surface area contributed by atoms with Crippen LogP contribution in [0.1, 0.15) is 17.5 Å². The molecule has 1 aliphatic heterocycles. The maximum Gasteiger partial charge on any atom is 0.418 e. The molecule has 10 heteroatoms. The maximum atomic E-state index is 13.1. The third-order valence-corrected chi connectivity index (χ3v) is 4.52. The van der Waals surface area contributed by atoms with E-state index in [1.807, 2.05) is 0 Å². The predicted molar refractivity (Wildman–Crippen MR) is 70.0 cm³/mol. The molecule has 1 aromatic rings. The van der Waals surface area contributed by atoms with Gasteiger partial charge >= 0.3 is 6.18 Å². The van der Waals surface area contributed by atoms with Crippen molar-refractivity contribution in [3.05, 3.63) is 29.3 Å². The first-order valence-electron chi connectivity index (χ1n) is 5.97. The van der Waals surface area contributed by atoms with E-state index < -0.39 is 51.6 Å². The van der Waals surface area contributed by atoms with E-state index >= 15 is 0 Å². The number of nitrogens with zero attached hydrogens (tertiary/aromatic N) is 2. The van der Waals surface area contributed by atoms with Gasteiger partial charge in [0, 0.05) is 13.0 Å². The van der Waals surface area contributed by atoms with Crippen molar-refractivity contribution in [1.82, 2.24) is 0 Å². The monoisotopic (exact) mass is 333 g/mol. The van der Waals surface area contributed by atoms with Crippen LogP contribution in [0.2, 0.25) is 0 Å². The number of hydrogen-bond donors (Lipinski definition) is 1. The quantitative estimate of drug-likeness (QED) is 0.870. The lowest BCUT2D eigenvalue weighted by Gasteiger charge is -2.21. The molecule has 2 rings (SSSR count). The Morgan fingerprint density at radius 1 is 1.36 bits per heavy atom. The van der Waals surface area contributed by atoms with Crippen LogP contribution in [0.4, 0.5) is 18.9 Å². The van der Waals surface area contributed by atoms with Crippen LogP contribution >= 0.6 is 0 Å². The Morgan fingerprint density at radius 3 is 2.45 bits per heavy atom. The zero-order chi connectivity index (χ0) is 16.7. The third kappa shape index (κ3) is 3.05. The molecule has 22 heavy (non-hydrogen) atoms. The number of carbonyl (C=O) groups excluding carboxylic acids is 1. The highest BCUT2D eigenvalue weighted by Gasteiger charge is 2.42. The summed E-state index contributed by atoms with van der Waals surface area (Å²) in [5, 5.41) is 12.4. The molecule has 0 aromatic heterocycles. The Labute approximate surface area is 124 Å². The van der Waals surface area contributed by atoms with Gasteiger partial charge in [0.15, 0.2) is 0 Å². The van der Waals surface area contributed by atoms with Crippen LogP contribution < -0.4 is 10.0 Å². The highest BCUT2D eigenvalue weighted by atomic mass is 32.2. The van der Waals surface area contributed by atoms with Gasteiger partial charge in [0.2, 0.25) is 15.9 Å². The van der Waals surface area contributed by atoms with E-state index in [1.165, 1.54) is 0 Å². The van der Waals surface area contributed by atoms with Gasteiger partial charge in [0.05, 0.1) is 22.9 Å². The fourth-order valence-electron chi connectivity index (χ4n) is 2.20. The number of primary sulfonamides is 1. The Hall–Kier alpha value is -2.12. The second-order valence-electron chi connectivity index (χ2n) is 4.76. The number of halogens is 3. The molecule has 0 radical (unpaired) electrons. The van der Waals surface area contributed by atoms with Gasteiger partial charge in [0.1, 0.15) is 5.25 Å². The van der Waals surface area contributed by atoms with Crippen LogP contribution in [-0.4, -0.2) is 26.1 Å². The predicted octanol–water partition coefficient (Wildman–Crippen LogP) is 0.971. The lowest BCUT2D eigenvalue weighted by atomic mass is 10.1. The van der Waals surface area contributed by atoms with Crippen LogP contribution in [0, 0.1) is 11.3 Å². The molecule has 1 amide bonds. The molecule has 1 fully saturated rings. The summed E-state index contributed by atoms with van der Waals surface area (Å²) in [7, 11) is -4.03. The van der Waals surface area contributed by atoms with Crippen molar-refractivity contribution in [3.8, 4) is 6.07 Å². The first kappa shape index (κ1) is 16.3. The van der Waals surface area contributed by atoms with E-state index in [1.54, 1.807) is 6.07 Å². The second-order valence-corrected chi connectivity index (χ2v) is 6.61. The van der Waals surface area contributed by atoms with Crippen molar-refractivity contribution in [2.24, 2.45) is 5.14 Å². The Balaban J connectivity index is 2.50. The molecule has 0 bridgehead atoms. The number of carbonyl (C=O) groups is 1. The Morgan fingerprint density at radius 2 is 2.00 bits per heavy atom. The summed E-state index contributed by atoms with van der Waals surface area (Å²) in [4.78, 5) is 12.6. The highest BCUT2D eigenvalue weighted by molar-refractivity contribution is 7.89. The molecular weight excluding hydrogens is 323 g/mol. The van der Waals surface area contributed by atoms with Gasteiger partial charge in [-0.2, -0.15) is 18.4 Å². The molecule has 6 nitrogen and oxygen atoms in total. The summed E-state index contributed by atoms with van der Waals surface area (Å²) < 4.78 is 61.8. The number of amides is 1. The van der Waals surface area contributed by atoms with Gasteiger partial charge in [-0.15, -0.1) is 0 Å². The summed E-state index contributed by atoms with van der Waals surface area (Å²) in [6.45, 7) is -0.452. The summed E-state index contributed by atoms with van der Waals surface area (Å²) in [6.07, 6.45) is -5.27. The smallest absolute Gasteiger partial charge is 0.310 e. The molecule has 1 aromatic carbocycles. The normalized spacial score (nSPS) is 19.3. The third-order valence-electron chi connectivity index (χ3n) is 3.28. The molecule has 118 valence electrons. The van der Waals surface area contributed by atoms with Gasteiger partial charge in [-0.05, 0) is 18.2 Å². The largest absolute Gasteiger partial charge is 0.418 e. The fourth-order valence-corrected chi connectivity index (χ4v) is 2.93. The van der Waals surface area contributed by atoms with Crippen molar-refractivity contribution in [3.63, 3.8) is 0 Å². The van der Waals surface area contributed by atoms with Crippen molar-refractivity contribution < 1.29 is 26.4 Å². The molecule has 1 aliphatic rings. The van der Waals surface area contributed by atoms with Crippen LogP contribution in [0.25, 0.3) is 0 Å². The van der Waals surface area contributed by atoms with E-state index in [9.17, 15) is 26.4 Å². The SMILES string of the molecule is N#Cc1ccc(N2CC(S(N)(=O)=O)CC2=O)c(C(F)(F)F)c1. The van der Waals surface area contributed by atoms with E-state index in [0.29, 0.717) is 6.07 Å². The zero-order valence-electron chi connectivity index (χ0n) is 11.0. The number of hydrogen-bond acceptors (Lipinski definition) is 4. The van der Waals surface area contributed by atoms with E-state index in [2.05, 4.69) is 0 Å². The van der Waals surface area contributed by atoms with Crippen molar-refractivity contribution in [2.45, 2.75) is 17.8 Å². The molecule has 2 N–H and O–H groups in total. The van der Waals surface area contributed by atoms with Gasteiger partial charge in [-0.25, -0.2) is 13.6 Å². The molecular formula is C12H10F3N3O3S. The van der Waals surface area contributed by atoms with Crippen LogP contribution in [0.5, 0.6) is 0 Å². The second kappa shape index (κ2) is 5.26. The number of alkyl halides is 3. The van der Waals surface area contributed by atoms with Crippen molar-refractivity contribution >= 4 is 21.6 Å². The number of nitrogens with two attached hydrogens (primary N) is 1. The highest BCUT2D eigenvalue weighted by Crippen LogP contribution is 2.39. The van der Waals surface area contributed by atoms with Crippen molar-refractivity contribution in [1.29, 1.82) is 5.26 Å². The number of anilines is 1. The molecule has 1 unspecified atom stereocenters. The number of nitriles is 1. The first-order valence-corrected chi connectivity index (χ1v) is 7.58. The summed E-state index contributed by atoms with van der Waals surface area (Å²) >= 11 is 0. The molecule has 1 atom stereocenters. The van der Waals surface area contributed by atoms with Gasteiger partial charge in [-0.3, -0.25) is 4.79 Å².